The second-order valence-electron chi connectivity index (χ2n) is 4.15. The van der Waals surface area contributed by atoms with Crippen LogP contribution >= 0.6 is 11.8 Å². The Morgan fingerprint density at radius 1 is 1.00 bits per heavy atom. The van der Waals surface area contributed by atoms with Gasteiger partial charge in [0.05, 0.1) is 0 Å². The van der Waals surface area contributed by atoms with Gasteiger partial charge < -0.3 is 13.3 Å². The van der Waals surface area contributed by atoms with Gasteiger partial charge in [0.15, 0.2) is 0 Å². The average molecular weight is 309 g/mol. The van der Waals surface area contributed by atoms with Crippen LogP contribution in [0.4, 0.5) is 0 Å². The highest BCUT2D eigenvalue weighted by atomic mass is 32.2. The van der Waals surface area contributed by atoms with Crippen LogP contribution < -0.4 is 0 Å². The molecular formula is C13H28O4SSi. The van der Waals surface area contributed by atoms with Crippen molar-refractivity contribution in [2.45, 2.75) is 46.6 Å². The SMILES string of the molecule is CCO[Si](CCCSCCC(C)=O)(OCC)OCC. The molecule has 0 atom stereocenters. The molecule has 6 heteroatoms. The quantitative estimate of drug-likeness (QED) is 0.386. The zero-order chi connectivity index (χ0) is 14.6. The maximum atomic E-state index is 10.8. The van der Waals surface area contributed by atoms with Crippen molar-refractivity contribution in [3.8, 4) is 0 Å². The van der Waals surface area contributed by atoms with Crippen molar-refractivity contribution in [1.29, 1.82) is 0 Å². The van der Waals surface area contributed by atoms with E-state index in [1.807, 2.05) is 32.5 Å². The lowest BCUT2D eigenvalue weighted by atomic mass is 10.4. The molecule has 0 heterocycles. The third-order valence-corrected chi connectivity index (χ3v) is 6.68. The molecule has 0 saturated heterocycles. The van der Waals surface area contributed by atoms with Crippen LogP contribution in [0.3, 0.4) is 0 Å². The molecule has 0 aliphatic rings. The summed E-state index contributed by atoms with van der Waals surface area (Å²) in [5, 5.41) is 0. The molecule has 0 radical (unpaired) electrons. The zero-order valence-electron chi connectivity index (χ0n) is 12.7. The number of hydrogen-bond acceptors (Lipinski definition) is 5. The second-order valence-corrected chi connectivity index (χ2v) is 8.11. The Hall–Kier alpha value is 0.117. The summed E-state index contributed by atoms with van der Waals surface area (Å²) in [6.07, 6.45) is 1.67. The van der Waals surface area contributed by atoms with Crippen LogP contribution in [0.2, 0.25) is 6.04 Å². The van der Waals surface area contributed by atoms with Crippen molar-refractivity contribution < 1.29 is 18.1 Å². The topological polar surface area (TPSA) is 44.8 Å². The molecule has 0 spiro atoms. The minimum atomic E-state index is -2.46. The van der Waals surface area contributed by atoms with Crippen LogP contribution in [0.5, 0.6) is 0 Å². The second kappa shape index (κ2) is 11.9. The molecule has 0 fully saturated rings. The molecule has 0 aliphatic carbocycles. The van der Waals surface area contributed by atoms with Gasteiger partial charge in [-0.3, -0.25) is 4.79 Å². The Kier molecular flexibility index (Phi) is 12.0. The first kappa shape index (κ1) is 19.1. The van der Waals surface area contributed by atoms with Gasteiger partial charge in [-0.15, -0.1) is 0 Å². The molecule has 4 nitrogen and oxygen atoms in total. The maximum Gasteiger partial charge on any atom is 0.500 e. The molecule has 0 aromatic heterocycles. The van der Waals surface area contributed by atoms with E-state index in [2.05, 4.69) is 0 Å². The van der Waals surface area contributed by atoms with Crippen LogP contribution in [-0.4, -0.2) is 45.9 Å². The van der Waals surface area contributed by atoms with E-state index >= 15 is 0 Å². The normalized spacial score (nSPS) is 11.8. The highest BCUT2D eigenvalue weighted by Gasteiger charge is 2.39. The molecule has 0 aliphatic heterocycles. The van der Waals surface area contributed by atoms with Gasteiger partial charge in [0.2, 0.25) is 0 Å². The molecule has 0 saturated carbocycles. The van der Waals surface area contributed by atoms with Gasteiger partial charge in [0, 0.05) is 38.0 Å². The van der Waals surface area contributed by atoms with E-state index in [-0.39, 0.29) is 5.78 Å². The monoisotopic (exact) mass is 308 g/mol. The minimum absolute atomic E-state index is 0.258. The molecule has 0 bridgehead atoms. The molecule has 114 valence electrons. The number of Topliss-reactive ketones (excluding diaryl/α,β-unsaturated/α-hetero) is 1. The molecular weight excluding hydrogens is 280 g/mol. The average Bonchev–Trinajstić information content (AvgIpc) is 2.34. The Bertz CT molecular complexity index is 222. The Morgan fingerprint density at radius 2 is 1.53 bits per heavy atom. The highest BCUT2D eigenvalue weighted by Crippen LogP contribution is 2.20. The summed E-state index contributed by atoms with van der Waals surface area (Å²) >= 11 is 1.81. The largest absolute Gasteiger partial charge is 0.500 e. The summed E-state index contributed by atoms with van der Waals surface area (Å²) in [5.41, 5.74) is 0. The Morgan fingerprint density at radius 3 is 1.95 bits per heavy atom. The minimum Gasteiger partial charge on any atom is -0.374 e. The van der Waals surface area contributed by atoms with Gasteiger partial charge in [-0.05, 0) is 39.9 Å². The molecule has 0 N–H and O–H groups in total. The van der Waals surface area contributed by atoms with Gasteiger partial charge in [0.1, 0.15) is 5.78 Å². The zero-order valence-corrected chi connectivity index (χ0v) is 14.5. The first-order valence-corrected chi connectivity index (χ1v) is 10.2. The Balaban J connectivity index is 3.99. The van der Waals surface area contributed by atoms with Crippen LogP contribution in [0.25, 0.3) is 0 Å². The standard InChI is InChI=1S/C13H28O4SSi/c1-5-15-19(16-6-2,17-7-3)12-8-10-18-11-9-13(4)14/h5-12H2,1-4H3. The van der Waals surface area contributed by atoms with E-state index in [9.17, 15) is 4.79 Å². The number of carbonyl (C=O) groups is 1. The van der Waals surface area contributed by atoms with Gasteiger partial charge >= 0.3 is 8.80 Å². The number of ketones is 1. The Labute approximate surface area is 122 Å². The van der Waals surface area contributed by atoms with Crippen molar-refractivity contribution in [3.63, 3.8) is 0 Å². The van der Waals surface area contributed by atoms with E-state index < -0.39 is 8.80 Å². The third kappa shape index (κ3) is 9.62. The number of rotatable bonds is 13. The molecule has 0 aromatic rings. The van der Waals surface area contributed by atoms with E-state index in [1.165, 1.54) is 0 Å². The summed E-state index contributed by atoms with van der Waals surface area (Å²) in [5.74, 6) is 2.19. The van der Waals surface area contributed by atoms with Gasteiger partial charge in [-0.2, -0.15) is 11.8 Å². The van der Waals surface area contributed by atoms with Crippen molar-refractivity contribution in [1.82, 2.24) is 0 Å². The summed E-state index contributed by atoms with van der Waals surface area (Å²) < 4.78 is 17.4. The first-order valence-electron chi connectivity index (χ1n) is 7.09. The first-order chi connectivity index (χ1) is 9.10. The van der Waals surface area contributed by atoms with Crippen molar-refractivity contribution in [3.05, 3.63) is 0 Å². The van der Waals surface area contributed by atoms with Crippen LogP contribution in [-0.2, 0) is 18.1 Å². The summed E-state index contributed by atoms with van der Waals surface area (Å²) in [7, 11) is -2.46. The lowest BCUT2D eigenvalue weighted by Gasteiger charge is -2.28. The van der Waals surface area contributed by atoms with Crippen molar-refractivity contribution in [2.75, 3.05) is 31.3 Å². The van der Waals surface area contributed by atoms with E-state index in [1.54, 1.807) is 6.92 Å². The highest BCUT2D eigenvalue weighted by molar-refractivity contribution is 7.99. The van der Waals surface area contributed by atoms with Crippen LogP contribution in [0.1, 0.15) is 40.5 Å². The summed E-state index contributed by atoms with van der Waals surface area (Å²) in [6.45, 7) is 9.44. The molecule has 0 aromatic carbocycles. The fraction of sp³-hybridized carbons (Fsp3) is 0.923. The third-order valence-electron chi connectivity index (χ3n) is 2.46. The lowest BCUT2D eigenvalue weighted by Crippen LogP contribution is -2.46. The smallest absolute Gasteiger partial charge is 0.374 e. The predicted octanol–water partition coefficient (Wildman–Crippen LogP) is 3.14. The predicted molar refractivity (Wildman–Crippen MR) is 82.7 cm³/mol. The molecule has 0 rings (SSSR count). The number of carbonyl (C=O) groups excluding carboxylic acids is 1. The van der Waals surface area contributed by atoms with Crippen molar-refractivity contribution in [2.24, 2.45) is 0 Å². The van der Waals surface area contributed by atoms with Gasteiger partial charge in [-0.1, -0.05) is 0 Å². The molecule has 0 amide bonds. The number of thioether (sulfide) groups is 1. The fourth-order valence-corrected chi connectivity index (χ4v) is 5.56. The summed E-state index contributed by atoms with van der Waals surface area (Å²) in [4.78, 5) is 10.8. The summed E-state index contributed by atoms with van der Waals surface area (Å²) in [6, 6.07) is 0.857. The van der Waals surface area contributed by atoms with E-state index in [0.29, 0.717) is 26.2 Å². The van der Waals surface area contributed by atoms with Crippen molar-refractivity contribution >= 4 is 26.3 Å². The van der Waals surface area contributed by atoms with Gasteiger partial charge in [0.25, 0.3) is 0 Å². The van der Waals surface area contributed by atoms with E-state index in [0.717, 1.165) is 24.0 Å². The maximum absolute atomic E-state index is 10.8. The fourth-order valence-electron chi connectivity index (χ4n) is 1.71. The van der Waals surface area contributed by atoms with Crippen LogP contribution in [0.15, 0.2) is 0 Å². The van der Waals surface area contributed by atoms with Crippen LogP contribution in [0, 0.1) is 0 Å². The number of hydrogen-bond donors (Lipinski definition) is 0. The molecule has 19 heavy (non-hydrogen) atoms. The van der Waals surface area contributed by atoms with Gasteiger partial charge in [-0.25, -0.2) is 0 Å². The lowest BCUT2D eigenvalue weighted by molar-refractivity contribution is -0.116. The molecule has 0 unspecified atom stereocenters. The van der Waals surface area contributed by atoms with E-state index in [4.69, 9.17) is 13.3 Å².